The summed E-state index contributed by atoms with van der Waals surface area (Å²) < 4.78 is 0. The summed E-state index contributed by atoms with van der Waals surface area (Å²) in [5.74, 6) is -0.302. The van der Waals surface area contributed by atoms with Crippen molar-refractivity contribution in [2.75, 3.05) is 5.32 Å². The van der Waals surface area contributed by atoms with Gasteiger partial charge in [0.2, 0.25) is 0 Å². The molecule has 0 aliphatic carbocycles. The first-order valence-corrected chi connectivity index (χ1v) is 10.2. The molecule has 0 saturated carbocycles. The third-order valence-corrected chi connectivity index (χ3v) is 5.64. The van der Waals surface area contributed by atoms with Gasteiger partial charge in [0, 0.05) is 11.3 Å². The van der Waals surface area contributed by atoms with Crippen molar-refractivity contribution >= 4 is 39.6 Å². The molecule has 1 unspecified atom stereocenters. The number of amides is 2. The first-order valence-electron chi connectivity index (χ1n) is 9.34. The van der Waals surface area contributed by atoms with Gasteiger partial charge in [-0.25, -0.2) is 0 Å². The molecule has 0 bridgehead atoms. The molecule has 2 amide bonds. The molecule has 0 radical (unpaired) electrons. The van der Waals surface area contributed by atoms with Crippen molar-refractivity contribution < 1.29 is 9.59 Å². The SMILES string of the molecule is CC(NC(=O)c1ccc(NC(=O)c2cccs2)cc1)c1ccc2ccccc2c1. The van der Waals surface area contributed by atoms with Gasteiger partial charge in [0.15, 0.2) is 0 Å². The van der Waals surface area contributed by atoms with Crippen LogP contribution in [0.15, 0.2) is 84.2 Å². The Kier molecular flexibility index (Phi) is 5.40. The molecule has 0 aliphatic heterocycles. The zero-order valence-corrected chi connectivity index (χ0v) is 16.7. The van der Waals surface area contributed by atoms with Crippen LogP contribution in [-0.4, -0.2) is 11.8 Å². The van der Waals surface area contributed by atoms with E-state index in [2.05, 4.69) is 34.9 Å². The summed E-state index contributed by atoms with van der Waals surface area (Å²) in [6, 6.07) is 24.8. The van der Waals surface area contributed by atoms with Crippen LogP contribution in [0.3, 0.4) is 0 Å². The maximum Gasteiger partial charge on any atom is 0.265 e. The Morgan fingerprint density at radius 1 is 0.828 bits per heavy atom. The highest BCUT2D eigenvalue weighted by molar-refractivity contribution is 7.12. The predicted octanol–water partition coefficient (Wildman–Crippen LogP) is 5.64. The van der Waals surface area contributed by atoms with E-state index in [1.807, 2.05) is 36.6 Å². The number of nitrogens with one attached hydrogen (secondary N) is 2. The number of hydrogen-bond donors (Lipinski definition) is 2. The van der Waals surface area contributed by atoms with E-state index in [0.29, 0.717) is 16.1 Å². The standard InChI is InChI=1S/C24H20N2O2S/c1-16(19-9-8-17-5-2-3-6-20(17)15-19)25-23(27)18-10-12-21(13-11-18)26-24(28)22-7-4-14-29-22/h2-16H,1H3,(H,25,27)(H,26,28). The van der Waals surface area contributed by atoms with Gasteiger partial charge in [-0.2, -0.15) is 0 Å². The van der Waals surface area contributed by atoms with Gasteiger partial charge in [-0.3, -0.25) is 9.59 Å². The Labute approximate surface area is 173 Å². The molecule has 2 N–H and O–H groups in total. The molecule has 0 saturated heterocycles. The number of hydrogen-bond acceptors (Lipinski definition) is 3. The molecule has 5 heteroatoms. The molecule has 1 aromatic heterocycles. The van der Waals surface area contributed by atoms with Gasteiger partial charge in [0.05, 0.1) is 10.9 Å². The number of thiophene rings is 1. The average Bonchev–Trinajstić information content (AvgIpc) is 3.29. The molecular formula is C24H20N2O2S. The minimum absolute atomic E-state index is 0.120. The lowest BCUT2D eigenvalue weighted by Crippen LogP contribution is -2.26. The van der Waals surface area contributed by atoms with Gasteiger partial charge in [-0.1, -0.05) is 42.5 Å². The first-order chi connectivity index (χ1) is 14.1. The van der Waals surface area contributed by atoms with E-state index in [4.69, 9.17) is 0 Å². The fraction of sp³-hybridized carbons (Fsp3) is 0.0833. The van der Waals surface area contributed by atoms with Crippen LogP contribution in [0.25, 0.3) is 10.8 Å². The van der Waals surface area contributed by atoms with Crippen molar-refractivity contribution in [3.63, 3.8) is 0 Å². The maximum absolute atomic E-state index is 12.6. The first kappa shape index (κ1) is 18.9. The third-order valence-electron chi connectivity index (χ3n) is 4.77. The number of rotatable bonds is 5. The van der Waals surface area contributed by atoms with E-state index in [0.717, 1.165) is 10.9 Å². The molecule has 0 aliphatic rings. The Morgan fingerprint density at radius 2 is 1.59 bits per heavy atom. The highest BCUT2D eigenvalue weighted by atomic mass is 32.1. The maximum atomic E-state index is 12.6. The Hall–Kier alpha value is -3.44. The Bertz CT molecular complexity index is 1150. The fourth-order valence-corrected chi connectivity index (χ4v) is 3.76. The molecule has 1 heterocycles. The third kappa shape index (κ3) is 4.36. The fourth-order valence-electron chi connectivity index (χ4n) is 3.15. The minimum atomic E-state index is -0.151. The smallest absolute Gasteiger partial charge is 0.265 e. The number of anilines is 1. The summed E-state index contributed by atoms with van der Waals surface area (Å²) in [4.78, 5) is 25.4. The van der Waals surface area contributed by atoms with Crippen LogP contribution in [-0.2, 0) is 0 Å². The number of fused-ring (bicyclic) bond motifs is 1. The van der Waals surface area contributed by atoms with Gasteiger partial charge in [-0.15, -0.1) is 11.3 Å². The highest BCUT2D eigenvalue weighted by Gasteiger charge is 2.13. The minimum Gasteiger partial charge on any atom is -0.346 e. The molecule has 3 aromatic carbocycles. The summed E-state index contributed by atoms with van der Waals surface area (Å²) in [5, 5.41) is 10.1. The van der Waals surface area contributed by atoms with Crippen molar-refractivity contribution in [2.24, 2.45) is 0 Å². The van der Waals surface area contributed by atoms with Crippen LogP contribution >= 0.6 is 11.3 Å². The Balaban J connectivity index is 1.41. The topological polar surface area (TPSA) is 58.2 Å². The average molecular weight is 401 g/mol. The van der Waals surface area contributed by atoms with Crippen molar-refractivity contribution in [1.82, 2.24) is 5.32 Å². The Morgan fingerprint density at radius 3 is 2.31 bits per heavy atom. The highest BCUT2D eigenvalue weighted by Crippen LogP contribution is 2.21. The van der Waals surface area contributed by atoms with E-state index in [9.17, 15) is 9.59 Å². The molecule has 4 nitrogen and oxygen atoms in total. The summed E-state index contributed by atoms with van der Waals surface area (Å²) in [6.45, 7) is 1.97. The van der Waals surface area contributed by atoms with Crippen LogP contribution < -0.4 is 10.6 Å². The van der Waals surface area contributed by atoms with Crippen LogP contribution in [0.4, 0.5) is 5.69 Å². The molecule has 144 valence electrons. The monoisotopic (exact) mass is 400 g/mol. The number of carbonyl (C=O) groups is 2. The molecule has 4 aromatic rings. The molecule has 0 spiro atoms. The van der Waals surface area contributed by atoms with E-state index in [-0.39, 0.29) is 17.9 Å². The van der Waals surface area contributed by atoms with Gasteiger partial charge in [0.25, 0.3) is 11.8 Å². The number of carbonyl (C=O) groups excluding carboxylic acids is 2. The lowest BCUT2D eigenvalue weighted by Gasteiger charge is -2.15. The summed E-state index contributed by atoms with van der Waals surface area (Å²) >= 11 is 1.39. The predicted molar refractivity (Wildman–Crippen MR) is 119 cm³/mol. The van der Waals surface area contributed by atoms with Crippen molar-refractivity contribution in [3.05, 3.63) is 100 Å². The summed E-state index contributed by atoms with van der Waals surface area (Å²) in [7, 11) is 0. The zero-order valence-electron chi connectivity index (χ0n) is 15.9. The van der Waals surface area contributed by atoms with Crippen molar-refractivity contribution in [1.29, 1.82) is 0 Å². The largest absolute Gasteiger partial charge is 0.346 e. The lowest BCUT2D eigenvalue weighted by atomic mass is 10.0. The van der Waals surface area contributed by atoms with Gasteiger partial charge in [0.1, 0.15) is 0 Å². The van der Waals surface area contributed by atoms with E-state index in [1.54, 1.807) is 30.3 Å². The molecule has 1 atom stereocenters. The normalized spacial score (nSPS) is 11.8. The zero-order chi connectivity index (χ0) is 20.2. The molecular weight excluding hydrogens is 380 g/mol. The van der Waals surface area contributed by atoms with Gasteiger partial charge >= 0.3 is 0 Å². The van der Waals surface area contributed by atoms with Crippen molar-refractivity contribution in [2.45, 2.75) is 13.0 Å². The molecule has 29 heavy (non-hydrogen) atoms. The lowest BCUT2D eigenvalue weighted by molar-refractivity contribution is 0.0939. The van der Waals surface area contributed by atoms with E-state index < -0.39 is 0 Å². The van der Waals surface area contributed by atoms with Gasteiger partial charge in [-0.05, 0) is 65.0 Å². The van der Waals surface area contributed by atoms with Crippen LogP contribution in [0.2, 0.25) is 0 Å². The quantitative estimate of drug-likeness (QED) is 0.455. The van der Waals surface area contributed by atoms with Crippen molar-refractivity contribution in [3.8, 4) is 0 Å². The van der Waals surface area contributed by atoms with E-state index >= 15 is 0 Å². The second-order valence-electron chi connectivity index (χ2n) is 6.81. The van der Waals surface area contributed by atoms with Crippen LogP contribution in [0, 0.1) is 0 Å². The second kappa shape index (κ2) is 8.29. The second-order valence-corrected chi connectivity index (χ2v) is 7.76. The molecule has 4 rings (SSSR count). The van der Waals surface area contributed by atoms with Crippen LogP contribution in [0.1, 0.15) is 38.6 Å². The van der Waals surface area contributed by atoms with Crippen LogP contribution in [0.5, 0.6) is 0 Å². The van der Waals surface area contributed by atoms with E-state index in [1.165, 1.54) is 16.7 Å². The summed E-state index contributed by atoms with van der Waals surface area (Å²) in [5.41, 5.74) is 2.26. The molecule has 0 fully saturated rings. The number of benzene rings is 3. The summed E-state index contributed by atoms with van der Waals surface area (Å²) in [6.07, 6.45) is 0. The van der Waals surface area contributed by atoms with Gasteiger partial charge < -0.3 is 10.6 Å².